The van der Waals surface area contributed by atoms with E-state index in [4.69, 9.17) is 23.2 Å². The third kappa shape index (κ3) is 9.35. The number of carbonyl (C=O) groups is 2. The second kappa shape index (κ2) is 16.5. The first-order valence-corrected chi connectivity index (χ1v) is 17.9. The molecular formula is C35H36BrCl2N3O4S. The number of amides is 2. The maximum absolute atomic E-state index is 14.5. The molecule has 0 aromatic heterocycles. The third-order valence-corrected chi connectivity index (χ3v) is 10.4. The second-order valence-corrected chi connectivity index (χ2v) is 14.5. The summed E-state index contributed by atoms with van der Waals surface area (Å²) in [4.78, 5) is 29.9. The Morgan fingerprint density at radius 2 is 1.59 bits per heavy atom. The molecule has 0 unspecified atom stereocenters. The Bertz CT molecular complexity index is 1760. The summed E-state index contributed by atoms with van der Waals surface area (Å²) < 4.78 is 30.0. The summed E-state index contributed by atoms with van der Waals surface area (Å²) >= 11 is 16.0. The Balaban J connectivity index is 1.80. The van der Waals surface area contributed by atoms with Gasteiger partial charge in [-0.15, -0.1) is 0 Å². The van der Waals surface area contributed by atoms with Gasteiger partial charge in [-0.2, -0.15) is 0 Å². The van der Waals surface area contributed by atoms with Crippen molar-refractivity contribution >= 4 is 66.7 Å². The topological polar surface area (TPSA) is 86.8 Å². The van der Waals surface area contributed by atoms with Gasteiger partial charge in [0.15, 0.2) is 0 Å². The van der Waals surface area contributed by atoms with Gasteiger partial charge in [0.05, 0.1) is 20.6 Å². The lowest BCUT2D eigenvalue weighted by molar-refractivity contribution is -0.140. The predicted octanol–water partition coefficient (Wildman–Crippen LogP) is 7.82. The van der Waals surface area contributed by atoms with Crippen molar-refractivity contribution in [2.45, 2.75) is 50.6 Å². The molecular weight excluding hydrogens is 709 g/mol. The number of unbranched alkanes of at least 4 members (excludes halogenated alkanes) is 1. The third-order valence-electron chi connectivity index (χ3n) is 7.42. The Morgan fingerprint density at radius 1 is 0.870 bits per heavy atom. The first-order chi connectivity index (χ1) is 22.0. The standard InChI is InChI=1S/C35H36BrCl2N3O4S/c1-3-4-19-39-35(43)33(21-26-9-6-5-7-10-26)40(23-27-15-18-31(37)32(38)20-27)34(42)24-41(29-12-8-11-28(36)22-29)46(44,45)30-16-13-25(2)14-17-30/h5-18,20,22,33H,3-4,19,21,23-24H2,1-2H3,(H,39,43)/t33-/m0/s1. The molecule has 0 saturated carbocycles. The molecule has 0 heterocycles. The average Bonchev–Trinajstić information content (AvgIpc) is 3.03. The van der Waals surface area contributed by atoms with E-state index in [2.05, 4.69) is 21.2 Å². The van der Waals surface area contributed by atoms with Crippen LogP contribution in [0.3, 0.4) is 0 Å². The number of benzene rings is 4. The smallest absolute Gasteiger partial charge is 0.264 e. The molecule has 0 aliphatic carbocycles. The monoisotopic (exact) mass is 743 g/mol. The Hall–Kier alpha value is -3.37. The van der Waals surface area contributed by atoms with Gasteiger partial charge in [-0.1, -0.05) is 113 Å². The molecule has 46 heavy (non-hydrogen) atoms. The van der Waals surface area contributed by atoms with Crippen LogP contribution in [0.4, 0.5) is 5.69 Å². The minimum absolute atomic E-state index is 0.00861. The molecule has 4 aromatic rings. The highest BCUT2D eigenvalue weighted by Crippen LogP contribution is 2.28. The number of nitrogens with zero attached hydrogens (tertiary/aromatic N) is 2. The van der Waals surface area contributed by atoms with E-state index in [9.17, 15) is 18.0 Å². The fraction of sp³-hybridized carbons (Fsp3) is 0.257. The van der Waals surface area contributed by atoms with Gasteiger partial charge in [0, 0.05) is 24.0 Å². The van der Waals surface area contributed by atoms with Crippen molar-refractivity contribution in [3.05, 3.63) is 128 Å². The van der Waals surface area contributed by atoms with Gasteiger partial charge >= 0.3 is 0 Å². The number of sulfonamides is 1. The summed E-state index contributed by atoms with van der Waals surface area (Å²) in [5, 5.41) is 3.64. The van der Waals surface area contributed by atoms with Gasteiger partial charge in [0.2, 0.25) is 11.8 Å². The molecule has 4 aromatic carbocycles. The molecule has 0 aliphatic heterocycles. The van der Waals surface area contributed by atoms with E-state index >= 15 is 0 Å². The lowest BCUT2D eigenvalue weighted by Gasteiger charge is -2.34. The Labute approximate surface area is 289 Å². The molecule has 11 heteroatoms. The molecule has 242 valence electrons. The van der Waals surface area contributed by atoms with Crippen LogP contribution in [0.15, 0.2) is 106 Å². The number of nitrogens with one attached hydrogen (secondary N) is 1. The van der Waals surface area contributed by atoms with Crippen molar-refractivity contribution in [1.82, 2.24) is 10.2 Å². The molecule has 4 rings (SSSR count). The van der Waals surface area contributed by atoms with Crippen LogP contribution in [-0.4, -0.2) is 44.3 Å². The van der Waals surface area contributed by atoms with Gasteiger partial charge in [-0.25, -0.2) is 8.42 Å². The molecule has 0 radical (unpaired) electrons. The van der Waals surface area contributed by atoms with Crippen molar-refractivity contribution in [3.63, 3.8) is 0 Å². The van der Waals surface area contributed by atoms with Crippen molar-refractivity contribution < 1.29 is 18.0 Å². The normalized spacial score (nSPS) is 11.9. The highest BCUT2D eigenvalue weighted by atomic mass is 79.9. The van der Waals surface area contributed by atoms with E-state index in [-0.39, 0.29) is 23.8 Å². The number of hydrogen-bond acceptors (Lipinski definition) is 4. The molecule has 1 N–H and O–H groups in total. The lowest BCUT2D eigenvalue weighted by atomic mass is 10.0. The number of hydrogen-bond donors (Lipinski definition) is 1. The number of aryl methyl sites for hydroxylation is 1. The zero-order valence-corrected chi connectivity index (χ0v) is 29.5. The SMILES string of the molecule is CCCCNC(=O)[C@H](Cc1ccccc1)N(Cc1ccc(Cl)c(Cl)c1)C(=O)CN(c1cccc(Br)c1)S(=O)(=O)c1ccc(C)cc1. The first kappa shape index (κ1) is 35.5. The minimum atomic E-state index is -4.20. The van der Waals surface area contributed by atoms with Gasteiger partial charge in [-0.3, -0.25) is 13.9 Å². The molecule has 0 aliphatic rings. The predicted molar refractivity (Wildman–Crippen MR) is 189 cm³/mol. The maximum atomic E-state index is 14.5. The highest BCUT2D eigenvalue weighted by molar-refractivity contribution is 9.10. The molecule has 7 nitrogen and oxygen atoms in total. The van der Waals surface area contributed by atoms with Crippen molar-refractivity contribution in [1.29, 1.82) is 0 Å². The van der Waals surface area contributed by atoms with Crippen LogP contribution in [0, 0.1) is 6.92 Å². The highest BCUT2D eigenvalue weighted by Gasteiger charge is 2.34. The molecule has 0 spiro atoms. The van der Waals surface area contributed by atoms with Crippen LogP contribution >= 0.6 is 39.1 Å². The molecule has 1 atom stereocenters. The summed E-state index contributed by atoms with van der Waals surface area (Å²) in [7, 11) is -4.20. The van der Waals surface area contributed by atoms with Gasteiger partial charge in [-0.05, 0) is 66.9 Å². The first-order valence-electron chi connectivity index (χ1n) is 14.9. The van der Waals surface area contributed by atoms with Gasteiger partial charge < -0.3 is 10.2 Å². The number of halogens is 3. The fourth-order valence-electron chi connectivity index (χ4n) is 4.89. The van der Waals surface area contributed by atoms with E-state index in [1.54, 1.807) is 54.6 Å². The second-order valence-electron chi connectivity index (χ2n) is 10.9. The van der Waals surface area contributed by atoms with Gasteiger partial charge in [0.25, 0.3) is 10.0 Å². The van der Waals surface area contributed by atoms with E-state index in [0.29, 0.717) is 32.3 Å². The van der Waals surface area contributed by atoms with Gasteiger partial charge in [0.1, 0.15) is 12.6 Å². The van der Waals surface area contributed by atoms with Crippen molar-refractivity contribution in [2.24, 2.45) is 0 Å². The Kier molecular flexibility index (Phi) is 12.7. The lowest BCUT2D eigenvalue weighted by Crippen LogP contribution is -2.53. The van der Waals surface area contributed by atoms with E-state index in [0.717, 1.165) is 28.3 Å². The quantitative estimate of drug-likeness (QED) is 0.134. The van der Waals surface area contributed by atoms with E-state index in [1.807, 2.05) is 44.2 Å². The van der Waals surface area contributed by atoms with Crippen molar-refractivity contribution in [2.75, 3.05) is 17.4 Å². The Morgan fingerprint density at radius 3 is 2.24 bits per heavy atom. The minimum Gasteiger partial charge on any atom is -0.354 e. The molecule has 0 fully saturated rings. The number of anilines is 1. The zero-order chi connectivity index (χ0) is 33.3. The summed E-state index contributed by atoms with van der Waals surface area (Å²) in [5.41, 5.74) is 2.68. The maximum Gasteiger partial charge on any atom is 0.264 e. The summed E-state index contributed by atoms with van der Waals surface area (Å²) in [6.07, 6.45) is 1.87. The number of carbonyl (C=O) groups excluding carboxylic acids is 2. The summed E-state index contributed by atoms with van der Waals surface area (Å²) in [6.45, 7) is 3.78. The van der Waals surface area contributed by atoms with Crippen molar-refractivity contribution in [3.8, 4) is 0 Å². The van der Waals surface area contributed by atoms with Crippen LogP contribution in [0.5, 0.6) is 0 Å². The van der Waals surface area contributed by atoms with Crippen LogP contribution in [-0.2, 0) is 32.6 Å². The fourth-order valence-corrected chi connectivity index (χ4v) is 7.01. The largest absolute Gasteiger partial charge is 0.354 e. The summed E-state index contributed by atoms with van der Waals surface area (Å²) in [6, 6.07) is 26.7. The van der Waals surface area contributed by atoms with Crippen LogP contribution < -0.4 is 9.62 Å². The molecule has 2 amide bonds. The number of rotatable bonds is 14. The molecule has 0 bridgehead atoms. The van der Waals surface area contributed by atoms with E-state index in [1.165, 1.54) is 17.0 Å². The van der Waals surface area contributed by atoms with Crippen LogP contribution in [0.25, 0.3) is 0 Å². The van der Waals surface area contributed by atoms with Crippen LogP contribution in [0.2, 0.25) is 10.0 Å². The van der Waals surface area contributed by atoms with E-state index < -0.39 is 28.5 Å². The summed E-state index contributed by atoms with van der Waals surface area (Å²) in [5.74, 6) is -0.894. The zero-order valence-electron chi connectivity index (χ0n) is 25.6. The average molecular weight is 746 g/mol. The molecule has 0 saturated heterocycles. The van der Waals surface area contributed by atoms with Crippen LogP contribution in [0.1, 0.15) is 36.5 Å².